The van der Waals surface area contributed by atoms with Crippen molar-refractivity contribution in [3.05, 3.63) is 83.9 Å². The number of nitrogens with zero attached hydrogens (tertiary/aromatic N) is 1. The van der Waals surface area contributed by atoms with Gasteiger partial charge in [-0.05, 0) is 45.5 Å². The van der Waals surface area contributed by atoms with E-state index in [-0.39, 0.29) is 0 Å². The van der Waals surface area contributed by atoms with Gasteiger partial charge in [0.15, 0.2) is 5.96 Å². The fourth-order valence-electron chi connectivity index (χ4n) is 3.76. The molecule has 1 aliphatic carbocycles. The van der Waals surface area contributed by atoms with Crippen LogP contribution in [0.5, 0.6) is 0 Å². The molecule has 0 heterocycles. The van der Waals surface area contributed by atoms with Gasteiger partial charge in [-0.2, -0.15) is 0 Å². The van der Waals surface area contributed by atoms with E-state index in [9.17, 15) is 0 Å². The summed E-state index contributed by atoms with van der Waals surface area (Å²) in [6.07, 6.45) is 4.29. The standard InChI is InChI=1S/C24H19N3/c1-27(20-13-11-16-5-2-3-6-19(16)15-20)24(25)26-22-14-12-18-10-9-17-7-4-8-21(22)23(17)18/h2-15H,1H3,(H2,25,26). The number of rotatable bonds is 2. The number of hydrogen-bond donors (Lipinski definition) is 2. The molecule has 5 rings (SSSR count). The molecule has 0 bridgehead atoms. The molecule has 4 aromatic rings. The minimum Gasteiger partial charge on any atom is -0.326 e. The Balaban J connectivity index is 1.47. The first-order chi connectivity index (χ1) is 13.2. The van der Waals surface area contributed by atoms with Gasteiger partial charge in [0.2, 0.25) is 0 Å². The summed E-state index contributed by atoms with van der Waals surface area (Å²) in [5.74, 6) is 0.344. The summed E-state index contributed by atoms with van der Waals surface area (Å²) in [6.45, 7) is 0. The molecule has 4 aromatic carbocycles. The van der Waals surface area contributed by atoms with Crippen molar-refractivity contribution in [3.8, 4) is 0 Å². The summed E-state index contributed by atoms with van der Waals surface area (Å²) in [5, 5.41) is 16.6. The summed E-state index contributed by atoms with van der Waals surface area (Å²) in [7, 11) is 1.92. The summed E-state index contributed by atoms with van der Waals surface area (Å²) in [5.41, 5.74) is 4.41. The van der Waals surface area contributed by atoms with Crippen LogP contribution in [0.3, 0.4) is 0 Å². The number of benzene rings is 4. The minimum absolute atomic E-state index is 0.344. The first-order valence-corrected chi connectivity index (χ1v) is 9.03. The predicted octanol–water partition coefficient (Wildman–Crippen LogP) is 5.96. The molecule has 0 aliphatic heterocycles. The highest BCUT2D eigenvalue weighted by Crippen LogP contribution is 2.35. The Morgan fingerprint density at radius 1 is 0.815 bits per heavy atom. The molecule has 0 amide bonds. The van der Waals surface area contributed by atoms with Crippen molar-refractivity contribution in [2.45, 2.75) is 0 Å². The van der Waals surface area contributed by atoms with Gasteiger partial charge in [0, 0.05) is 23.8 Å². The molecule has 1 aliphatic rings. The smallest absolute Gasteiger partial charge is 0.199 e. The zero-order valence-corrected chi connectivity index (χ0v) is 15.0. The molecule has 27 heavy (non-hydrogen) atoms. The van der Waals surface area contributed by atoms with Crippen LogP contribution in [-0.2, 0) is 0 Å². The van der Waals surface area contributed by atoms with Crippen molar-refractivity contribution in [2.75, 3.05) is 17.3 Å². The largest absolute Gasteiger partial charge is 0.326 e. The third-order valence-electron chi connectivity index (χ3n) is 5.26. The molecular formula is C24H19N3. The molecule has 0 atom stereocenters. The van der Waals surface area contributed by atoms with Crippen LogP contribution in [0.25, 0.3) is 33.7 Å². The van der Waals surface area contributed by atoms with Crippen molar-refractivity contribution in [1.29, 1.82) is 5.41 Å². The Kier molecular flexibility index (Phi) is 3.47. The summed E-state index contributed by atoms with van der Waals surface area (Å²) >= 11 is 0. The zero-order chi connectivity index (χ0) is 18.4. The van der Waals surface area contributed by atoms with Gasteiger partial charge in [-0.1, -0.05) is 66.7 Å². The lowest BCUT2D eigenvalue weighted by Gasteiger charge is -2.22. The SMILES string of the molecule is CN(C(=N)Nc1ccc2c3c(cccc13)C=C2)c1ccc2ccccc2c1. The van der Waals surface area contributed by atoms with Gasteiger partial charge in [0.1, 0.15) is 0 Å². The second-order valence-electron chi connectivity index (χ2n) is 6.87. The Hall–Kier alpha value is -3.59. The average molecular weight is 349 g/mol. The van der Waals surface area contributed by atoms with Gasteiger partial charge >= 0.3 is 0 Å². The molecule has 0 saturated heterocycles. The molecule has 0 spiro atoms. The highest BCUT2D eigenvalue weighted by molar-refractivity contribution is 6.13. The van der Waals surface area contributed by atoms with E-state index in [0.717, 1.165) is 16.8 Å². The number of fused-ring (bicyclic) bond motifs is 1. The van der Waals surface area contributed by atoms with E-state index in [1.54, 1.807) is 0 Å². The van der Waals surface area contributed by atoms with Crippen LogP contribution in [-0.4, -0.2) is 13.0 Å². The molecule has 0 radical (unpaired) electrons. The Labute approximate surface area is 158 Å². The molecule has 0 unspecified atom stereocenters. The summed E-state index contributed by atoms with van der Waals surface area (Å²) in [6, 6.07) is 25.0. The Morgan fingerprint density at radius 2 is 1.59 bits per heavy atom. The molecule has 2 N–H and O–H groups in total. The van der Waals surface area contributed by atoms with Gasteiger partial charge < -0.3 is 10.2 Å². The lowest BCUT2D eigenvalue weighted by atomic mass is 10.0. The van der Waals surface area contributed by atoms with Crippen LogP contribution >= 0.6 is 0 Å². The van der Waals surface area contributed by atoms with E-state index < -0.39 is 0 Å². The van der Waals surface area contributed by atoms with Gasteiger partial charge in [0.05, 0.1) is 0 Å². The van der Waals surface area contributed by atoms with Crippen LogP contribution in [0, 0.1) is 5.41 Å². The molecule has 3 nitrogen and oxygen atoms in total. The summed E-state index contributed by atoms with van der Waals surface area (Å²) < 4.78 is 0. The number of hydrogen-bond acceptors (Lipinski definition) is 1. The molecular weight excluding hydrogens is 330 g/mol. The van der Waals surface area contributed by atoms with E-state index in [1.165, 1.54) is 27.3 Å². The van der Waals surface area contributed by atoms with Crippen molar-refractivity contribution < 1.29 is 0 Å². The molecule has 130 valence electrons. The first kappa shape index (κ1) is 15.6. The molecule has 0 aromatic heterocycles. The van der Waals surface area contributed by atoms with Crippen LogP contribution in [0.15, 0.2) is 72.8 Å². The van der Waals surface area contributed by atoms with E-state index in [1.807, 2.05) is 24.1 Å². The highest BCUT2D eigenvalue weighted by atomic mass is 15.3. The monoisotopic (exact) mass is 349 g/mol. The quantitative estimate of drug-likeness (QED) is 0.305. The number of guanidine groups is 1. The fraction of sp³-hybridized carbons (Fsp3) is 0.0417. The van der Waals surface area contributed by atoms with Crippen LogP contribution in [0.1, 0.15) is 11.1 Å². The molecule has 0 fully saturated rings. The average Bonchev–Trinajstić information content (AvgIpc) is 3.14. The second kappa shape index (κ2) is 5.99. The van der Waals surface area contributed by atoms with Gasteiger partial charge in [-0.3, -0.25) is 5.41 Å². The molecule has 0 saturated carbocycles. The predicted molar refractivity (Wildman–Crippen MR) is 117 cm³/mol. The van der Waals surface area contributed by atoms with Gasteiger partial charge in [-0.25, -0.2) is 0 Å². The zero-order valence-electron chi connectivity index (χ0n) is 15.0. The second-order valence-corrected chi connectivity index (χ2v) is 6.87. The van der Waals surface area contributed by atoms with Crippen molar-refractivity contribution >= 4 is 51.0 Å². The Morgan fingerprint density at radius 3 is 2.44 bits per heavy atom. The van der Waals surface area contributed by atoms with Crippen LogP contribution in [0.2, 0.25) is 0 Å². The Bertz CT molecular complexity index is 1220. The maximum atomic E-state index is 8.58. The highest BCUT2D eigenvalue weighted by Gasteiger charge is 2.14. The topological polar surface area (TPSA) is 39.1 Å². The third kappa shape index (κ3) is 2.56. The third-order valence-corrected chi connectivity index (χ3v) is 5.26. The van der Waals surface area contributed by atoms with E-state index >= 15 is 0 Å². The van der Waals surface area contributed by atoms with Crippen molar-refractivity contribution in [2.24, 2.45) is 0 Å². The van der Waals surface area contributed by atoms with Crippen molar-refractivity contribution in [1.82, 2.24) is 0 Å². The van der Waals surface area contributed by atoms with Crippen LogP contribution in [0.4, 0.5) is 11.4 Å². The van der Waals surface area contributed by atoms with Gasteiger partial charge in [0.25, 0.3) is 0 Å². The normalized spacial score (nSPS) is 11.9. The van der Waals surface area contributed by atoms with E-state index in [2.05, 4.69) is 78.1 Å². The number of anilines is 2. The van der Waals surface area contributed by atoms with E-state index in [4.69, 9.17) is 5.41 Å². The lowest BCUT2D eigenvalue weighted by Crippen LogP contribution is -2.32. The molecule has 3 heteroatoms. The minimum atomic E-state index is 0.344. The van der Waals surface area contributed by atoms with E-state index in [0.29, 0.717) is 5.96 Å². The first-order valence-electron chi connectivity index (χ1n) is 9.03. The number of nitrogens with one attached hydrogen (secondary N) is 2. The van der Waals surface area contributed by atoms with Crippen LogP contribution < -0.4 is 10.2 Å². The summed E-state index contributed by atoms with van der Waals surface area (Å²) in [4.78, 5) is 1.87. The van der Waals surface area contributed by atoms with Crippen molar-refractivity contribution in [3.63, 3.8) is 0 Å². The van der Waals surface area contributed by atoms with Gasteiger partial charge in [-0.15, -0.1) is 0 Å². The maximum absolute atomic E-state index is 8.58. The maximum Gasteiger partial charge on any atom is 0.199 e. The lowest BCUT2D eigenvalue weighted by molar-refractivity contribution is 1.22. The fourth-order valence-corrected chi connectivity index (χ4v) is 3.76.